The van der Waals surface area contributed by atoms with E-state index in [1.807, 2.05) is 6.92 Å². The number of methoxy groups -OCH3 is 1. The smallest absolute Gasteiger partial charge is 0.407 e. The molecule has 0 bridgehead atoms. The molecule has 0 saturated heterocycles. The van der Waals surface area contributed by atoms with Gasteiger partial charge in [-0.1, -0.05) is 13.3 Å². The number of hydrogen-bond donors (Lipinski definition) is 1. The molecule has 0 saturated carbocycles. The van der Waals surface area contributed by atoms with Gasteiger partial charge in [0.05, 0.1) is 7.11 Å². The topological polar surface area (TPSA) is 64.6 Å². The van der Waals surface area contributed by atoms with Crippen LogP contribution in [0.5, 0.6) is 0 Å². The first kappa shape index (κ1) is 14.7. The van der Waals surface area contributed by atoms with Gasteiger partial charge in [-0.15, -0.1) is 0 Å². The normalized spacial score (nSPS) is 12.8. The van der Waals surface area contributed by atoms with Gasteiger partial charge in [-0.3, -0.25) is 0 Å². The van der Waals surface area contributed by atoms with E-state index < -0.39 is 23.7 Å². The minimum absolute atomic E-state index is 0.431. The van der Waals surface area contributed by atoms with Crippen molar-refractivity contribution < 1.29 is 19.1 Å². The number of rotatable bonds is 4. The summed E-state index contributed by atoms with van der Waals surface area (Å²) < 4.78 is 9.64. The van der Waals surface area contributed by atoms with E-state index in [4.69, 9.17) is 4.74 Å². The third kappa shape index (κ3) is 6.27. The van der Waals surface area contributed by atoms with Crippen molar-refractivity contribution in [2.75, 3.05) is 7.11 Å². The number of nitrogens with one attached hydrogen (secondary N) is 1. The molecule has 0 spiro atoms. The van der Waals surface area contributed by atoms with E-state index in [1.54, 1.807) is 20.8 Å². The zero-order valence-corrected chi connectivity index (χ0v) is 10.6. The molecule has 1 N–H and O–H groups in total. The first-order valence-corrected chi connectivity index (χ1v) is 5.37. The Morgan fingerprint density at radius 1 is 1.31 bits per heavy atom. The number of amides is 1. The Balaban J connectivity index is 4.40. The molecule has 0 radical (unpaired) electrons. The molecule has 0 aliphatic heterocycles. The van der Waals surface area contributed by atoms with Crippen molar-refractivity contribution >= 4 is 12.1 Å². The van der Waals surface area contributed by atoms with Gasteiger partial charge in [0.25, 0.3) is 0 Å². The molecular weight excluding hydrogens is 210 g/mol. The van der Waals surface area contributed by atoms with Crippen molar-refractivity contribution in [2.45, 2.75) is 52.2 Å². The average Bonchev–Trinajstić information content (AvgIpc) is 2.14. The van der Waals surface area contributed by atoms with Gasteiger partial charge in [0.1, 0.15) is 11.6 Å². The van der Waals surface area contributed by atoms with Crippen LogP contribution >= 0.6 is 0 Å². The van der Waals surface area contributed by atoms with Crippen LogP contribution in [-0.4, -0.2) is 30.8 Å². The lowest BCUT2D eigenvalue weighted by molar-refractivity contribution is -0.157. The molecule has 94 valence electrons. The summed E-state index contributed by atoms with van der Waals surface area (Å²) in [6.07, 6.45) is 0.682. The van der Waals surface area contributed by atoms with Gasteiger partial charge in [-0.25, -0.2) is 9.59 Å². The van der Waals surface area contributed by atoms with Crippen molar-refractivity contribution in [3.8, 4) is 0 Å². The van der Waals surface area contributed by atoms with Crippen LogP contribution in [-0.2, 0) is 14.3 Å². The Hall–Kier alpha value is -1.26. The van der Waals surface area contributed by atoms with E-state index >= 15 is 0 Å². The van der Waals surface area contributed by atoms with Crippen LogP contribution in [0.25, 0.3) is 0 Å². The Morgan fingerprint density at radius 2 is 1.88 bits per heavy atom. The van der Waals surface area contributed by atoms with Crippen LogP contribution < -0.4 is 5.32 Å². The van der Waals surface area contributed by atoms with Crippen LogP contribution in [0, 0.1) is 0 Å². The van der Waals surface area contributed by atoms with Crippen LogP contribution in [0.4, 0.5) is 4.79 Å². The number of carbonyl (C=O) groups is 2. The van der Waals surface area contributed by atoms with Crippen molar-refractivity contribution in [2.24, 2.45) is 0 Å². The fraction of sp³-hybridized carbons (Fsp3) is 0.818. The van der Waals surface area contributed by atoms with Crippen LogP contribution in [0.3, 0.4) is 0 Å². The minimum atomic E-state index is -0.642. The van der Waals surface area contributed by atoms with E-state index in [-0.39, 0.29) is 0 Å². The highest BCUT2D eigenvalue weighted by atomic mass is 16.6. The summed E-state index contributed by atoms with van der Waals surface area (Å²) in [7, 11) is 1.26. The molecule has 16 heavy (non-hydrogen) atoms. The zero-order chi connectivity index (χ0) is 12.8. The maximum atomic E-state index is 11.7. The molecule has 1 atom stereocenters. The zero-order valence-electron chi connectivity index (χ0n) is 10.6. The molecule has 0 aromatic rings. The molecule has 0 rings (SSSR count). The second kappa shape index (κ2) is 6.35. The van der Waals surface area contributed by atoms with Crippen molar-refractivity contribution in [1.82, 2.24) is 5.32 Å². The second-order valence-corrected chi connectivity index (χ2v) is 4.51. The highest BCUT2D eigenvalue weighted by molar-refractivity contribution is 5.81. The van der Waals surface area contributed by atoms with Crippen molar-refractivity contribution in [3.63, 3.8) is 0 Å². The van der Waals surface area contributed by atoms with Gasteiger partial charge in [0.15, 0.2) is 0 Å². The Morgan fingerprint density at radius 3 is 2.25 bits per heavy atom. The molecular formula is C11H21NO4. The van der Waals surface area contributed by atoms with Gasteiger partial charge < -0.3 is 14.8 Å². The number of alkyl carbamates (subject to hydrolysis) is 1. The molecule has 0 aromatic heterocycles. The maximum Gasteiger partial charge on any atom is 0.407 e. The minimum Gasteiger partial charge on any atom is -0.458 e. The molecule has 5 nitrogen and oxygen atoms in total. The van der Waals surface area contributed by atoms with Gasteiger partial charge in [-0.05, 0) is 27.2 Å². The van der Waals surface area contributed by atoms with Crippen LogP contribution in [0.15, 0.2) is 0 Å². The molecule has 1 unspecified atom stereocenters. The van der Waals surface area contributed by atoms with Gasteiger partial charge in [-0.2, -0.15) is 0 Å². The van der Waals surface area contributed by atoms with Crippen molar-refractivity contribution in [1.29, 1.82) is 0 Å². The predicted molar refractivity (Wildman–Crippen MR) is 60.1 cm³/mol. The third-order valence-corrected chi connectivity index (χ3v) is 1.75. The number of hydrogen-bond acceptors (Lipinski definition) is 4. The lowest BCUT2D eigenvalue weighted by atomic mass is 10.1. The average molecular weight is 231 g/mol. The lowest BCUT2D eigenvalue weighted by Crippen LogP contribution is -2.44. The molecule has 0 fully saturated rings. The summed E-state index contributed by atoms with van der Waals surface area (Å²) in [6, 6.07) is -0.642. The Bertz CT molecular complexity index is 245. The summed E-state index contributed by atoms with van der Waals surface area (Å²) >= 11 is 0. The highest BCUT2D eigenvalue weighted by Crippen LogP contribution is 2.10. The summed E-state index contributed by atoms with van der Waals surface area (Å²) in [6.45, 7) is 7.28. The van der Waals surface area contributed by atoms with Gasteiger partial charge in [0.2, 0.25) is 0 Å². The quantitative estimate of drug-likeness (QED) is 0.750. The number of esters is 1. The number of carbonyl (C=O) groups excluding carboxylic acids is 2. The van der Waals surface area contributed by atoms with E-state index in [1.165, 1.54) is 7.11 Å². The van der Waals surface area contributed by atoms with E-state index in [0.717, 1.165) is 6.42 Å². The standard InChI is InChI=1S/C11H21NO4/c1-6-7-8(12-10(14)15-5)9(13)16-11(2,3)4/h8H,6-7H2,1-5H3,(H,12,14). The lowest BCUT2D eigenvalue weighted by Gasteiger charge is -2.24. The summed E-state index contributed by atoms with van der Waals surface area (Å²) in [5, 5.41) is 2.45. The first-order valence-electron chi connectivity index (χ1n) is 5.37. The van der Waals surface area contributed by atoms with E-state index in [0.29, 0.717) is 6.42 Å². The molecule has 0 heterocycles. The molecule has 0 aromatic carbocycles. The largest absolute Gasteiger partial charge is 0.458 e. The monoisotopic (exact) mass is 231 g/mol. The maximum absolute atomic E-state index is 11.7. The first-order chi connectivity index (χ1) is 7.30. The predicted octanol–water partition coefficient (Wildman–Crippen LogP) is 1.85. The fourth-order valence-electron chi connectivity index (χ4n) is 1.11. The summed E-state index contributed by atoms with van der Waals surface area (Å²) in [5.74, 6) is -0.431. The summed E-state index contributed by atoms with van der Waals surface area (Å²) in [4.78, 5) is 22.7. The molecule has 5 heteroatoms. The van der Waals surface area contributed by atoms with E-state index in [9.17, 15) is 9.59 Å². The van der Waals surface area contributed by atoms with E-state index in [2.05, 4.69) is 10.1 Å². The van der Waals surface area contributed by atoms with Gasteiger partial charge >= 0.3 is 12.1 Å². The summed E-state index contributed by atoms with van der Waals surface area (Å²) in [5.41, 5.74) is -0.555. The Kier molecular flexibility index (Phi) is 5.85. The van der Waals surface area contributed by atoms with Crippen LogP contribution in [0.1, 0.15) is 40.5 Å². The SMILES string of the molecule is CCCC(NC(=O)OC)C(=O)OC(C)(C)C. The van der Waals surface area contributed by atoms with Gasteiger partial charge in [0, 0.05) is 0 Å². The highest BCUT2D eigenvalue weighted by Gasteiger charge is 2.26. The van der Waals surface area contributed by atoms with Crippen molar-refractivity contribution in [3.05, 3.63) is 0 Å². The van der Waals surface area contributed by atoms with Crippen LogP contribution in [0.2, 0.25) is 0 Å². The third-order valence-electron chi connectivity index (χ3n) is 1.75. The molecule has 1 amide bonds. The number of ether oxygens (including phenoxy) is 2. The fourth-order valence-corrected chi connectivity index (χ4v) is 1.11. The molecule has 0 aliphatic carbocycles. The Labute approximate surface area is 96.5 Å². The molecule has 0 aliphatic rings. The second-order valence-electron chi connectivity index (χ2n) is 4.51.